The van der Waals surface area contributed by atoms with Gasteiger partial charge in [0.1, 0.15) is 11.6 Å². The molecule has 0 bridgehead atoms. The molecule has 3 nitrogen and oxygen atoms in total. The third-order valence-corrected chi connectivity index (χ3v) is 3.21. The first-order valence-corrected chi connectivity index (χ1v) is 6.37. The molecule has 0 radical (unpaired) electrons. The van der Waals surface area contributed by atoms with Crippen molar-refractivity contribution < 1.29 is 25.8 Å². The van der Waals surface area contributed by atoms with Crippen LogP contribution >= 0.6 is 0 Å². The minimum absolute atomic E-state index is 0.0848. The summed E-state index contributed by atoms with van der Waals surface area (Å²) in [5, 5.41) is 0. The molecule has 0 aliphatic heterocycles. The van der Waals surface area contributed by atoms with Gasteiger partial charge in [-0.15, -0.1) is 0 Å². The molecule has 96 valence electrons. The minimum atomic E-state index is -3.93. The summed E-state index contributed by atoms with van der Waals surface area (Å²) in [6, 6.07) is 2.56. The SMILES string of the molecule is CCOS(=O)(=O)Cc1cc(C(F)F)ccc1F. The van der Waals surface area contributed by atoms with Gasteiger partial charge in [-0.1, -0.05) is 6.07 Å². The molecule has 0 N–H and O–H groups in total. The Bertz CT molecular complexity index is 486. The second-order valence-electron chi connectivity index (χ2n) is 3.26. The Balaban J connectivity index is 3.02. The summed E-state index contributed by atoms with van der Waals surface area (Å²) in [6.45, 7) is 1.38. The third kappa shape index (κ3) is 4.01. The zero-order valence-corrected chi connectivity index (χ0v) is 9.81. The molecule has 7 heteroatoms. The molecule has 17 heavy (non-hydrogen) atoms. The fraction of sp³-hybridized carbons (Fsp3) is 0.400. The van der Waals surface area contributed by atoms with Gasteiger partial charge in [0, 0.05) is 11.1 Å². The van der Waals surface area contributed by atoms with Gasteiger partial charge in [-0.2, -0.15) is 8.42 Å². The van der Waals surface area contributed by atoms with Crippen LogP contribution in [0.3, 0.4) is 0 Å². The van der Waals surface area contributed by atoms with Crippen LogP contribution in [0.5, 0.6) is 0 Å². The molecule has 0 aliphatic rings. The molecule has 0 heterocycles. The lowest BCUT2D eigenvalue weighted by Gasteiger charge is -2.07. The van der Waals surface area contributed by atoms with Crippen LogP contribution in [0.4, 0.5) is 13.2 Å². The first kappa shape index (κ1) is 14.0. The summed E-state index contributed by atoms with van der Waals surface area (Å²) in [4.78, 5) is 0. The van der Waals surface area contributed by atoms with Gasteiger partial charge < -0.3 is 0 Å². The molecule has 0 saturated heterocycles. The Kier molecular flexibility index (Phi) is 4.53. The van der Waals surface area contributed by atoms with E-state index < -0.39 is 33.7 Å². The first-order valence-electron chi connectivity index (χ1n) is 4.79. The van der Waals surface area contributed by atoms with Gasteiger partial charge in [0.2, 0.25) is 0 Å². The van der Waals surface area contributed by atoms with Gasteiger partial charge in [0.25, 0.3) is 16.5 Å². The van der Waals surface area contributed by atoms with Crippen LogP contribution < -0.4 is 0 Å². The molecule has 0 aliphatic carbocycles. The van der Waals surface area contributed by atoms with Crippen LogP contribution in [0.25, 0.3) is 0 Å². The molecule has 0 spiro atoms. The lowest BCUT2D eigenvalue weighted by atomic mass is 10.1. The van der Waals surface area contributed by atoms with Crippen molar-refractivity contribution in [3.8, 4) is 0 Å². The maximum atomic E-state index is 13.2. The summed E-state index contributed by atoms with van der Waals surface area (Å²) >= 11 is 0. The van der Waals surface area contributed by atoms with Crippen LogP contribution in [0.1, 0.15) is 24.5 Å². The molecule has 0 fully saturated rings. The standard InChI is InChI=1S/C10H11F3O3S/c1-2-16-17(14,15)6-8-5-7(10(12)13)3-4-9(8)11/h3-5,10H,2,6H2,1H3. The predicted molar refractivity (Wildman–Crippen MR) is 55.6 cm³/mol. The molecule has 0 aromatic heterocycles. The zero-order valence-electron chi connectivity index (χ0n) is 8.99. The zero-order chi connectivity index (χ0) is 13.1. The topological polar surface area (TPSA) is 43.4 Å². The Labute approximate surface area is 97.3 Å². The van der Waals surface area contributed by atoms with Gasteiger partial charge in [-0.3, -0.25) is 4.18 Å². The van der Waals surface area contributed by atoms with E-state index in [4.69, 9.17) is 0 Å². The average molecular weight is 268 g/mol. The number of hydrogen-bond donors (Lipinski definition) is 0. The summed E-state index contributed by atoms with van der Waals surface area (Å²) in [5.41, 5.74) is -0.746. The van der Waals surface area contributed by atoms with Crippen LogP contribution in [-0.2, 0) is 20.1 Å². The number of halogens is 3. The molecule has 0 saturated carbocycles. The average Bonchev–Trinajstić information content (AvgIpc) is 2.20. The fourth-order valence-corrected chi connectivity index (χ4v) is 2.30. The second-order valence-corrected chi connectivity index (χ2v) is 4.90. The van der Waals surface area contributed by atoms with Crippen LogP contribution in [0.2, 0.25) is 0 Å². The maximum absolute atomic E-state index is 13.2. The minimum Gasteiger partial charge on any atom is -0.270 e. The van der Waals surface area contributed by atoms with E-state index in [0.717, 1.165) is 18.2 Å². The first-order chi connectivity index (χ1) is 7.85. The maximum Gasteiger partial charge on any atom is 0.271 e. The van der Waals surface area contributed by atoms with E-state index in [1.807, 2.05) is 0 Å². The summed E-state index contributed by atoms with van der Waals surface area (Å²) < 4.78 is 64.9. The number of benzene rings is 1. The van der Waals surface area contributed by atoms with Crippen molar-refractivity contribution in [2.75, 3.05) is 6.61 Å². The molecule has 0 atom stereocenters. The van der Waals surface area contributed by atoms with E-state index >= 15 is 0 Å². The Morgan fingerprint density at radius 1 is 1.35 bits per heavy atom. The Morgan fingerprint density at radius 2 is 2.00 bits per heavy atom. The van der Waals surface area contributed by atoms with Gasteiger partial charge in [0.15, 0.2) is 0 Å². The van der Waals surface area contributed by atoms with Crippen molar-refractivity contribution in [3.05, 3.63) is 35.1 Å². The quantitative estimate of drug-likeness (QED) is 0.771. The molecule has 1 aromatic carbocycles. The van der Waals surface area contributed by atoms with E-state index in [0.29, 0.717) is 0 Å². The highest BCUT2D eigenvalue weighted by Crippen LogP contribution is 2.22. The number of alkyl halides is 2. The smallest absolute Gasteiger partial charge is 0.270 e. The summed E-state index contributed by atoms with van der Waals surface area (Å²) in [6.07, 6.45) is -2.77. The normalized spacial score (nSPS) is 12.1. The van der Waals surface area contributed by atoms with Crippen LogP contribution in [-0.4, -0.2) is 15.0 Å². The van der Waals surface area contributed by atoms with Crippen molar-refractivity contribution >= 4 is 10.1 Å². The molecule has 0 unspecified atom stereocenters. The van der Waals surface area contributed by atoms with Gasteiger partial charge in [0.05, 0.1) is 6.61 Å². The largest absolute Gasteiger partial charge is 0.271 e. The number of hydrogen-bond acceptors (Lipinski definition) is 3. The van der Waals surface area contributed by atoms with E-state index in [1.54, 1.807) is 0 Å². The molecular formula is C10H11F3O3S. The van der Waals surface area contributed by atoms with E-state index in [1.165, 1.54) is 6.92 Å². The van der Waals surface area contributed by atoms with E-state index in [2.05, 4.69) is 4.18 Å². The van der Waals surface area contributed by atoms with Crippen molar-refractivity contribution in [2.45, 2.75) is 19.1 Å². The highest BCUT2D eigenvalue weighted by molar-refractivity contribution is 7.85. The van der Waals surface area contributed by atoms with Crippen LogP contribution in [0.15, 0.2) is 18.2 Å². The van der Waals surface area contributed by atoms with Crippen molar-refractivity contribution in [3.63, 3.8) is 0 Å². The van der Waals surface area contributed by atoms with E-state index in [-0.39, 0.29) is 12.2 Å². The van der Waals surface area contributed by atoms with Gasteiger partial charge in [-0.05, 0) is 19.1 Å². The van der Waals surface area contributed by atoms with E-state index in [9.17, 15) is 21.6 Å². The Morgan fingerprint density at radius 3 is 2.53 bits per heavy atom. The second kappa shape index (κ2) is 5.50. The fourth-order valence-electron chi connectivity index (χ4n) is 1.25. The highest BCUT2D eigenvalue weighted by Gasteiger charge is 2.17. The summed E-state index contributed by atoms with van der Waals surface area (Å²) in [5.74, 6) is -1.61. The highest BCUT2D eigenvalue weighted by atomic mass is 32.2. The monoisotopic (exact) mass is 268 g/mol. The van der Waals surface area contributed by atoms with Crippen LogP contribution in [0, 0.1) is 5.82 Å². The molecular weight excluding hydrogens is 257 g/mol. The molecule has 1 aromatic rings. The third-order valence-electron chi connectivity index (χ3n) is 1.95. The predicted octanol–water partition coefficient (Wildman–Crippen LogP) is 2.63. The Hall–Kier alpha value is -1.08. The lowest BCUT2D eigenvalue weighted by molar-refractivity contribution is 0.151. The van der Waals surface area contributed by atoms with Crippen molar-refractivity contribution in [1.82, 2.24) is 0 Å². The molecule has 1 rings (SSSR count). The van der Waals surface area contributed by atoms with Gasteiger partial charge >= 0.3 is 0 Å². The van der Waals surface area contributed by atoms with Gasteiger partial charge in [-0.25, -0.2) is 13.2 Å². The lowest BCUT2D eigenvalue weighted by Crippen LogP contribution is -2.10. The van der Waals surface area contributed by atoms with Crippen molar-refractivity contribution in [2.24, 2.45) is 0 Å². The number of rotatable bonds is 5. The molecule has 0 amide bonds. The van der Waals surface area contributed by atoms with Crippen molar-refractivity contribution in [1.29, 1.82) is 0 Å². The summed E-state index contributed by atoms with van der Waals surface area (Å²) in [7, 11) is -3.93.